The van der Waals surface area contributed by atoms with Gasteiger partial charge in [-0.25, -0.2) is 9.59 Å². The molecule has 0 aromatic heterocycles. The Kier molecular flexibility index (Phi) is 4.28. The number of allylic oxidation sites excluding steroid dienone is 1. The number of nitrogens with one attached hydrogen (secondary N) is 1. The molecule has 0 aliphatic carbocycles. The van der Waals surface area contributed by atoms with Crippen molar-refractivity contribution in [1.29, 1.82) is 0 Å². The second-order valence-electron chi connectivity index (χ2n) is 3.91. The minimum Gasteiger partial charge on any atom is -0.477 e. The fraction of sp³-hybridized carbons (Fsp3) is 0.0714. The highest BCUT2D eigenvalue weighted by atomic mass is 16.5. The fourth-order valence-corrected chi connectivity index (χ4v) is 1.48. The summed E-state index contributed by atoms with van der Waals surface area (Å²) in [6.07, 6.45) is 3.80. The third-order valence-electron chi connectivity index (χ3n) is 2.46. The molecule has 1 aliphatic rings. The van der Waals surface area contributed by atoms with Crippen LogP contribution in [0.5, 0.6) is 0 Å². The molecule has 0 amide bonds. The van der Waals surface area contributed by atoms with Gasteiger partial charge in [-0.3, -0.25) is 4.99 Å². The fourth-order valence-electron chi connectivity index (χ4n) is 1.48. The maximum atomic E-state index is 11.9. The number of carbonyl (C=O) groups is 2. The summed E-state index contributed by atoms with van der Waals surface area (Å²) < 4.78 is 5.10. The highest BCUT2D eigenvalue weighted by Gasteiger charge is 2.17. The molecule has 1 aromatic rings. The number of hydrogen-bond acceptors (Lipinski definition) is 5. The first-order valence-corrected chi connectivity index (χ1v) is 5.82. The van der Waals surface area contributed by atoms with E-state index in [1.165, 1.54) is 12.3 Å². The van der Waals surface area contributed by atoms with Crippen LogP contribution in [-0.2, 0) is 20.9 Å². The monoisotopic (exact) mass is 272 g/mol. The third kappa shape index (κ3) is 3.55. The predicted octanol–water partition coefficient (Wildman–Crippen LogP) is 1.21. The van der Waals surface area contributed by atoms with Crippen LogP contribution in [-0.4, -0.2) is 23.3 Å². The van der Waals surface area contributed by atoms with Crippen LogP contribution in [0.4, 0.5) is 0 Å². The SMILES string of the molecule is O=C(O)C1=CN=CC=C(C(=O)OCc2ccccc2)N1. The van der Waals surface area contributed by atoms with Crippen molar-refractivity contribution in [2.75, 3.05) is 0 Å². The molecule has 20 heavy (non-hydrogen) atoms. The number of carboxylic acid groups (broad SMARTS) is 1. The van der Waals surface area contributed by atoms with Crippen LogP contribution in [0.3, 0.4) is 0 Å². The van der Waals surface area contributed by atoms with Gasteiger partial charge in [-0.1, -0.05) is 30.3 Å². The van der Waals surface area contributed by atoms with Gasteiger partial charge in [0.1, 0.15) is 18.0 Å². The Morgan fingerprint density at radius 2 is 1.95 bits per heavy atom. The molecular formula is C14H12N2O4. The van der Waals surface area contributed by atoms with Crippen molar-refractivity contribution in [3.63, 3.8) is 0 Å². The Bertz CT molecular complexity index is 603. The molecule has 0 bridgehead atoms. The summed E-state index contributed by atoms with van der Waals surface area (Å²) >= 11 is 0. The van der Waals surface area contributed by atoms with Gasteiger partial charge in [0, 0.05) is 6.21 Å². The Balaban J connectivity index is 1.99. The molecule has 0 spiro atoms. The smallest absolute Gasteiger partial charge is 0.355 e. The molecule has 0 saturated carbocycles. The van der Waals surface area contributed by atoms with E-state index in [4.69, 9.17) is 9.84 Å². The molecule has 6 nitrogen and oxygen atoms in total. The van der Waals surface area contributed by atoms with Gasteiger partial charge in [0.15, 0.2) is 0 Å². The molecule has 102 valence electrons. The number of hydrogen-bond donors (Lipinski definition) is 2. The van der Waals surface area contributed by atoms with Gasteiger partial charge in [-0.2, -0.15) is 0 Å². The molecule has 1 aliphatic heterocycles. The van der Waals surface area contributed by atoms with E-state index < -0.39 is 11.9 Å². The number of aliphatic carboxylic acids is 1. The van der Waals surface area contributed by atoms with Crippen molar-refractivity contribution in [3.05, 3.63) is 59.6 Å². The van der Waals surface area contributed by atoms with Crippen LogP contribution < -0.4 is 5.32 Å². The first kappa shape index (κ1) is 13.5. The zero-order chi connectivity index (χ0) is 14.4. The number of ether oxygens (including phenoxy) is 1. The van der Waals surface area contributed by atoms with Gasteiger partial charge in [0.2, 0.25) is 0 Å². The number of rotatable bonds is 4. The van der Waals surface area contributed by atoms with Crippen molar-refractivity contribution < 1.29 is 19.4 Å². The Labute approximate surface area is 115 Å². The quantitative estimate of drug-likeness (QED) is 0.804. The summed E-state index contributed by atoms with van der Waals surface area (Å²) in [6, 6.07) is 9.19. The first-order chi connectivity index (χ1) is 9.66. The van der Waals surface area contributed by atoms with E-state index in [-0.39, 0.29) is 18.0 Å². The van der Waals surface area contributed by atoms with Gasteiger partial charge >= 0.3 is 11.9 Å². The second-order valence-corrected chi connectivity index (χ2v) is 3.91. The average Bonchev–Trinajstić information content (AvgIpc) is 2.72. The third-order valence-corrected chi connectivity index (χ3v) is 2.46. The summed E-state index contributed by atoms with van der Waals surface area (Å²) in [5, 5.41) is 11.4. The molecule has 0 atom stereocenters. The van der Waals surface area contributed by atoms with Crippen LogP contribution in [0, 0.1) is 0 Å². The number of aliphatic imine (C=N–C) groups is 1. The molecule has 2 rings (SSSR count). The molecule has 6 heteroatoms. The highest BCUT2D eigenvalue weighted by molar-refractivity contribution is 5.97. The van der Waals surface area contributed by atoms with E-state index in [0.29, 0.717) is 0 Å². The minimum atomic E-state index is -1.20. The maximum Gasteiger partial charge on any atom is 0.355 e. The number of carboxylic acids is 1. The zero-order valence-corrected chi connectivity index (χ0v) is 10.4. The van der Waals surface area contributed by atoms with Crippen molar-refractivity contribution in [1.82, 2.24) is 5.32 Å². The van der Waals surface area contributed by atoms with E-state index in [1.54, 1.807) is 0 Å². The lowest BCUT2D eigenvalue weighted by atomic mass is 10.2. The standard InChI is InChI=1S/C14H12N2O4/c17-13(18)12-8-15-7-6-11(16-12)14(19)20-9-10-4-2-1-3-5-10/h1-8,16H,9H2,(H,17,18). The lowest BCUT2D eigenvalue weighted by molar-refractivity contribution is -0.140. The van der Waals surface area contributed by atoms with E-state index >= 15 is 0 Å². The van der Waals surface area contributed by atoms with E-state index in [0.717, 1.165) is 11.8 Å². The number of nitrogens with zero attached hydrogens (tertiary/aromatic N) is 1. The van der Waals surface area contributed by atoms with Crippen LogP contribution in [0.15, 0.2) is 59.0 Å². The normalized spacial score (nSPS) is 13.6. The van der Waals surface area contributed by atoms with Crippen LogP contribution in [0.25, 0.3) is 0 Å². The van der Waals surface area contributed by atoms with Gasteiger partial charge < -0.3 is 15.2 Å². The highest BCUT2D eigenvalue weighted by Crippen LogP contribution is 2.06. The van der Waals surface area contributed by atoms with E-state index in [9.17, 15) is 9.59 Å². The predicted molar refractivity (Wildman–Crippen MR) is 71.7 cm³/mol. The topological polar surface area (TPSA) is 88.0 Å². The zero-order valence-electron chi connectivity index (χ0n) is 10.4. The molecule has 1 aromatic carbocycles. The van der Waals surface area contributed by atoms with Gasteiger partial charge in [0.05, 0.1) is 6.20 Å². The molecule has 1 heterocycles. The summed E-state index contributed by atoms with van der Waals surface area (Å²) in [7, 11) is 0. The maximum absolute atomic E-state index is 11.9. The van der Waals surface area contributed by atoms with Crippen molar-refractivity contribution in [2.24, 2.45) is 4.99 Å². The molecule has 2 N–H and O–H groups in total. The van der Waals surface area contributed by atoms with Crippen molar-refractivity contribution >= 4 is 18.2 Å². The van der Waals surface area contributed by atoms with Crippen LogP contribution in [0.2, 0.25) is 0 Å². The van der Waals surface area contributed by atoms with E-state index in [1.807, 2.05) is 30.3 Å². The molecule has 0 saturated heterocycles. The summed E-state index contributed by atoms with van der Waals surface area (Å²) in [6.45, 7) is 0.113. The molecular weight excluding hydrogens is 260 g/mol. The first-order valence-electron chi connectivity index (χ1n) is 5.82. The number of esters is 1. The number of benzene rings is 1. The molecule has 0 radical (unpaired) electrons. The lowest BCUT2D eigenvalue weighted by Gasteiger charge is -2.09. The number of carbonyl (C=O) groups excluding carboxylic acids is 1. The van der Waals surface area contributed by atoms with Crippen molar-refractivity contribution in [3.8, 4) is 0 Å². The Morgan fingerprint density at radius 1 is 1.20 bits per heavy atom. The summed E-state index contributed by atoms with van der Waals surface area (Å²) in [5.41, 5.74) is 0.676. The van der Waals surface area contributed by atoms with Gasteiger partial charge in [-0.05, 0) is 11.6 Å². The van der Waals surface area contributed by atoms with Gasteiger partial charge in [0.25, 0.3) is 0 Å². The molecule has 0 unspecified atom stereocenters. The minimum absolute atomic E-state index is 0.0239. The van der Waals surface area contributed by atoms with Gasteiger partial charge in [-0.15, -0.1) is 0 Å². The summed E-state index contributed by atoms with van der Waals surface area (Å²) in [5.74, 6) is -1.85. The second kappa shape index (κ2) is 6.33. The summed E-state index contributed by atoms with van der Waals surface area (Å²) in [4.78, 5) is 26.4. The largest absolute Gasteiger partial charge is 0.477 e. The molecule has 0 fully saturated rings. The Hall–Kier alpha value is -2.89. The van der Waals surface area contributed by atoms with Crippen LogP contribution >= 0.6 is 0 Å². The average molecular weight is 272 g/mol. The lowest BCUT2D eigenvalue weighted by Crippen LogP contribution is -2.25. The van der Waals surface area contributed by atoms with Crippen LogP contribution in [0.1, 0.15) is 5.56 Å². The van der Waals surface area contributed by atoms with E-state index in [2.05, 4.69) is 10.3 Å². The van der Waals surface area contributed by atoms with Crippen molar-refractivity contribution in [2.45, 2.75) is 6.61 Å². The Morgan fingerprint density at radius 3 is 2.65 bits per heavy atom.